The van der Waals surface area contributed by atoms with Crippen molar-refractivity contribution >= 4 is 11.9 Å². The quantitative estimate of drug-likeness (QED) is 0.690. The number of carbonyl (C=O) groups is 1. The van der Waals surface area contributed by atoms with Crippen LogP contribution in [0, 0.1) is 5.92 Å². The van der Waals surface area contributed by atoms with E-state index in [0.29, 0.717) is 18.9 Å². The number of carbonyl (C=O) groups excluding carboxylic acids is 1. The molecule has 1 rings (SSSR count). The normalized spacial score (nSPS) is 10.9. The summed E-state index contributed by atoms with van der Waals surface area (Å²) in [5.74, 6) is 1.52. The molecular weight excluding hydrogens is 254 g/mol. The summed E-state index contributed by atoms with van der Waals surface area (Å²) in [7, 11) is 5.94. The zero-order valence-corrected chi connectivity index (χ0v) is 13.2. The minimum absolute atomic E-state index is 0.102. The Morgan fingerprint density at radius 3 is 2.70 bits per heavy atom. The summed E-state index contributed by atoms with van der Waals surface area (Å²) in [5.41, 5.74) is 1.11. The number of hydrogen-bond acceptors (Lipinski definition) is 4. The summed E-state index contributed by atoms with van der Waals surface area (Å²) in [5, 5.41) is 6.18. The predicted octanol–water partition coefficient (Wildman–Crippen LogP) is 0.738. The number of aromatic nitrogens is 2. The van der Waals surface area contributed by atoms with Gasteiger partial charge in [0, 0.05) is 47.2 Å². The molecule has 0 aliphatic rings. The van der Waals surface area contributed by atoms with Crippen LogP contribution in [0.15, 0.2) is 6.20 Å². The molecule has 0 saturated carbocycles. The summed E-state index contributed by atoms with van der Waals surface area (Å²) >= 11 is 0. The van der Waals surface area contributed by atoms with Crippen molar-refractivity contribution in [3.63, 3.8) is 0 Å². The van der Waals surface area contributed by atoms with Crippen LogP contribution in [0.25, 0.3) is 0 Å². The Morgan fingerprint density at radius 2 is 2.15 bits per heavy atom. The van der Waals surface area contributed by atoms with E-state index in [1.165, 1.54) is 0 Å². The van der Waals surface area contributed by atoms with Crippen molar-refractivity contribution in [3.05, 3.63) is 11.9 Å². The second kappa shape index (κ2) is 7.89. The fraction of sp³-hybridized carbons (Fsp3) is 0.714. The lowest BCUT2D eigenvalue weighted by atomic mass is 10.2. The summed E-state index contributed by atoms with van der Waals surface area (Å²) in [6, 6.07) is 0. The minimum atomic E-state index is 0.102. The fourth-order valence-corrected chi connectivity index (χ4v) is 1.84. The third-order valence-corrected chi connectivity index (χ3v) is 3.00. The van der Waals surface area contributed by atoms with E-state index in [-0.39, 0.29) is 5.91 Å². The monoisotopic (exact) mass is 281 g/mol. The van der Waals surface area contributed by atoms with Crippen LogP contribution in [0.2, 0.25) is 0 Å². The zero-order valence-electron chi connectivity index (χ0n) is 13.2. The Balaban J connectivity index is 2.26. The van der Waals surface area contributed by atoms with E-state index in [2.05, 4.69) is 29.5 Å². The molecule has 1 heterocycles. The zero-order chi connectivity index (χ0) is 15.1. The highest BCUT2D eigenvalue weighted by Crippen LogP contribution is 2.10. The highest BCUT2D eigenvalue weighted by atomic mass is 16.1. The number of anilines is 1. The predicted molar refractivity (Wildman–Crippen MR) is 81.7 cm³/mol. The maximum absolute atomic E-state index is 11.5. The molecule has 20 heavy (non-hydrogen) atoms. The van der Waals surface area contributed by atoms with Crippen molar-refractivity contribution in [1.29, 1.82) is 0 Å². The van der Waals surface area contributed by atoms with Gasteiger partial charge in [0.05, 0.1) is 11.9 Å². The smallest absolute Gasteiger partial charge is 0.221 e. The van der Waals surface area contributed by atoms with Gasteiger partial charge in [-0.2, -0.15) is 0 Å². The van der Waals surface area contributed by atoms with Crippen molar-refractivity contribution in [1.82, 2.24) is 20.2 Å². The molecule has 0 aromatic carbocycles. The lowest BCUT2D eigenvalue weighted by molar-refractivity contribution is -0.121. The number of rotatable bonds is 8. The van der Waals surface area contributed by atoms with Crippen molar-refractivity contribution in [2.45, 2.75) is 26.8 Å². The molecule has 0 unspecified atom stereocenters. The van der Waals surface area contributed by atoms with Gasteiger partial charge in [-0.3, -0.25) is 4.79 Å². The van der Waals surface area contributed by atoms with Gasteiger partial charge in [-0.25, -0.2) is 4.98 Å². The Bertz CT molecular complexity index is 425. The average molecular weight is 281 g/mol. The molecule has 1 aromatic rings. The van der Waals surface area contributed by atoms with Crippen LogP contribution in [-0.4, -0.2) is 42.6 Å². The molecule has 0 aliphatic heterocycles. The number of hydrogen-bond donors (Lipinski definition) is 2. The van der Waals surface area contributed by atoms with Gasteiger partial charge in [0.1, 0.15) is 0 Å². The topological polar surface area (TPSA) is 62.2 Å². The molecule has 1 aromatic heterocycles. The van der Waals surface area contributed by atoms with Crippen molar-refractivity contribution in [2.24, 2.45) is 13.0 Å². The Kier molecular flexibility index (Phi) is 6.51. The third kappa shape index (κ3) is 5.21. The summed E-state index contributed by atoms with van der Waals surface area (Å²) in [4.78, 5) is 17.9. The van der Waals surface area contributed by atoms with E-state index in [1.54, 1.807) is 0 Å². The second-order valence-electron chi connectivity index (χ2n) is 5.63. The standard InChI is InChI=1S/C14H27N5O/c1-11(2)8-16-13(20)6-7-15-9-12-10-17-14(18(3)4)19(12)5/h10-11,15H,6-9H2,1-5H3,(H,16,20). The maximum Gasteiger partial charge on any atom is 0.221 e. The van der Waals surface area contributed by atoms with Crippen molar-refractivity contribution < 1.29 is 4.79 Å². The maximum atomic E-state index is 11.5. The first-order valence-corrected chi connectivity index (χ1v) is 7.07. The molecule has 0 spiro atoms. The highest BCUT2D eigenvalue weighted by molar-refractivity contribution is 5.76. The van der Waals surface area contributed by atoms with E-state index in [4.69, 9.17) is 0 Å². The first-order chi connectivity index (χ1) is 9.41. The number of nitrogens with one attached hydrogen (secondary N) is 2. The van der Waals surface area contributed by atoms with Crippen LogP contribution < -0.4 is 15.5 Å². The second-order valence-corrected chi connectivity index (χ2v) is 5.63. The molecule has 0 bridgehead atoms. The number of amides is 1. The summed E-state index contributed by atoms with van der Waals surface area (Å²) < 4.78 is 2.05. The highest BCUT2D eigenvalue weighted by Gasteiger charge is 2.07. The van der Waals surface area contributed by atoms with Gasteiger partial charge in [-0.1, -0.05) is 13.8 Å². The van der Waals surface area contributed by atoms with E-state index >= 15 is 0 Å². The number of nitrogens with zero attached hydrogens (tertiary/aromatic N) is 3. The van der Waals surface area contributed by atoms with E-state index < -0.39 is 0 Å². The molecule has 1 amide bonds. The first-order valence-electron chi connectivity index (χ1n) is 7.07. The molecule has 6 heteroatoms. The van der Waals surface area contributed by atoms with Crippen molar-refractivity contribution in [3.8, 4) is 0 Å². The molecule has 6 nitrogen and oxygen atoms in total. The van der Waals surface area contributed by atoms with Gasteiger partial charge < -0.3 is 20.1 Å². The van der Waals surface area contributed by atoms with Gasteiger partial charge in [0.2, 0.25) is 11.9 Å². The SMILES string of the molecule is CC(C)CNC(=O)CCNCc1cnc(N(C)C)n1C. The van der Waals surface area contributed by atoms with E-state index in [9.17, 15) is 4.79 Å². The van der Waals surface area contributed by atoms with Gasteiger partial charge >= 0.3 is 0 Å². The van der Waals surface area contributed by atoms with Gasteiger partial charge in [0.25, 0.3) is 0 Å². The molecule has 0 radical (unpaired) electrons. The van der Waals surface area contributed by atoms with Crippen LogP contribution in [0.3, 0.4) is 0 Å². The average Bonchev–Trinajstić information content (AvgIpc) is 2.74. The van der Waals surface area contributed by atoms with E-state index in [1.807, 2.05) is 36.8 Å². The molecule has 0 aliphatic carbocycles. The van der Waals surface area contributed by atoms with Crippen LogP contribution in [-0.2, 0) is 18.4 Å². The largest absolute Gasteiger partial charge is 0.356 e. The van der Waals surface area contributed by atoms with Gasteiger partial charge in [0.15, 0.2) is 0 Å². The fourth-order valence-electron chi connectivity index (χ4n) is 1.84. The van der Waals surface area contributed by atoms with Crippen LogP contribution >= 0.6 is 0 Å². The molecule has 0 fully saturated rings. The minimum Gasteiger partial charge on any atom is -0.356 e. The molecule has 2 N–H and O–H groups in total. The van der Waals surface area contributed by atoms with Crippen molar-refractivity contribution in [2.75, 3.05) is 32.1 Å². The van der Waals surface area contributed by atoms with Crippen LogP contribution in [0.1, 0.15) is 26.0 Å². The van der Waals surface area contributed by atoms with Gasteiger partial charge in [-0.05, 0) is 5.92 Å². The van der Waals surface area contributed by atoms with Crippen LogP contribution in [0.5, 0.6) is 0 Å². The third-order valence-electron chi connectivity index (χ3n) is 3.00. The first kappa shape index (κ1) is 16.5. The molecule has 114 valence electrons. The molecule has 0 atom stereocenters. The number of imidazole rings is 1. The van der Waals surface area contributed by atoms with Gasteiger partial charge in [-0.15, -0.1) is 0 Å². The Hall–Kier alpha value is -1.56. The lowest BCUT2D eigenvalue weighted by Crippen LogP contribution is -2.30. The Labute approximate surface area is 121 Å². The Morgan fingerprint density at radius 1 is 1.45 bits per heavy atom. The van der Waals surface area contributed by atoms with E-state index in [0.717, 1.165) is 24.7 Å². The lowest BCUT2D eigenvalue weighted by Gasteiger charge is -2.13. The molecule has 0 saturated heterocycles. The summed E-state index contributed by atoms with van der Waals surface area (Å²) in [6.45, 7) is 6.31. The molecular formula is C14H27N5O. The van der Waals surface area contributed by atoms with Crippen LogP contribution in [0.4, 0.5) is 5.95 Å². The summed E-state index contributed by atoms with van der Waals surface area (Å²) in [6.07, 6.45) is 2.37.